The molecule has 7 rings (SSSR count). The number of aliphatic hydroxyl groups is 2. The number of unbranched alkanes of at least 4 members (excludes halogenated alkanes) is 2. The summed E-state index contributed by atoms with van der Waals surface area (Å²) in [7, 11) is 0. The van der Waals surface area contributed by atoms with E-state index in [-0.39, 0.29) is 68.3 Å². The van der Waals surface area contributed by atoms with Gasteiger partial charge in [-0.1, -0.05) is 88.2 Å². The van der Waals surface area contributed by atoms with Crippen molar-refractivity contribution in [3.8, 4) is 17.2 Å². The lowest BCUT2D eigenvalue weighted by molar-refractivity contribution is -0.384. The molecule has 0 spiro atoms. The van der Waals surface area contributed by atoms with Gasteiger partial charge in [-0.15, -0.1) is 6.58 Å². The fourth-order valence-electron chi connectivity index (χ4n) is 9.95. The summed E-state index contributed by atoms with van der Waals surface area (Å²) in [6.07, 6.45) is 8.76. The highest BCUT2D eigenvalue weighted by Gasteiger charge is 2.65. The minimum absolute atomic E-state index is 0.0164. The molecule has 2 aliphatic carbocycles. The topological polar surface area (TPSA) is 162 Å². The van der Waals surface area contributed by atoms with E-state index in [1.54, 1.807) is 23.1 Å². The molecule has 0 radical (unpaired) electrons. The first-order chi connectivity index (χ1) is 31.9. The van der Waals surface area contributed by atoms with Crippen LogP contribution in [0.4, 0.5) is 10.5 Å². The second-order valence-corrected chi connectivity index (χ2v) is 18.9. The molecule has 4 aromatic rings. The van der Waals surface area contributed by atoms with Crippen molar-refractivity contribution in [1.29, 1.82) is 0 Å². The molecule has 1 fully saturated rings. The van der Waals surface area contributed by atoms with Gasteiger partial charge in [-0.3, -0.25) is 15.0 Å². The molecule has 66 heavy (non-hydrogen) atoms. The average molecular weight is 904 g/mol. The number of carbonyl (C=O) groups excluding carboxylic acids is 1. The molecule has 0 bridgehead atoms. The molecule has 1 saturated carbocycles. The van der Waals surface area contributed by atoms with E-state index in [1.165, 1.54) is 12.1 Å². The number of benzene rings is 4. The highest BCUT2D eigenvalue weighted by atomic mass is 16.7. The van der Waals surface area contributed by atoms with E-state index in [1.807, 2.05) is 70.2 Å². The Morgan fingerprint density at radius 1 is 0.970 bits per heavy atom. The number of ether oxygens (including phenoxy) is 4. The molecule has 4 aromatic carbocycles. The monoisotopic (exact) mass is 903 g/mol. The number of non-ortho nitro benzene ring substituents is 1. The van der Waals surface area contributed by atoms with Gasteiger partial charge in [-0.2, -0.15) is 0 Å². The summed E-state index contributed by atoms with van der Waals surface area (Å²) >= 11 is 0. The lowest BCUT2D eigenvalue weighted by Crippen LogP contribution is -2.70. The van der Waals surface area contributed by atoms with Gasteiger partial charge in [0.15, 0.2) is 0 Å². The van der Waals surface area contributed by atoms with Crippen molar-refractivity contribution in [2.75, 3.05) is 33.0 Å². The van der Waals surface area contributed by atoms with E-state index in [4.69, 9.17) is 28.9 Å². The Labute approximate surface area is 388 Å². The molecule has 352 valence electrons. The minimum Gasteiger partial charge on any atom is -0.459 e. The number of rotatable bonds is 21. The highest BCUT2D eigenvalue weighted by molar-refractivity contribution is 6.03. The van der Waals surface area contributed by atoms with Crippen molar-refractivity contribution in [2.24, 2.45) is 28.3 Å². The number of oxime groups is 1. The van der Waals surface area contributed by atoms with Crippen molar-refractivity contribution in [2.45, 2.75) is 103 Å². The summed E-state index contributed by atoms with van der Waals surface area (Å²) in [6.45, 7) is 13.0. The van der Waals surface area contributed by atoms with Gasteiger partial charge in [0, 0.05) is 49.8 Å². The Hall–Kier alpha value is -5.76. The van der Waals surface area contributed by atoms with Gasteiger partial charge in [-0.25, -0.2) is 4.79 Å². The second-order valence-electron chi connectivity index (χ2n) is 18.9. The zero-order valence-electron chi connectivity index (χ0n) is 38.7. The number of fused-ring (bicyclic) bond motifs is 3. The molecular formula is C53H65N3O10. The van der Waals surface area contributed by atoms with Gasteiger partial charge in [0.25, 0.3) is 5.69 Å². The smallest absolute Gasteiger partial charge is 0.410 e. The molecule has 13 heteroatoms. The number of hydrogen-bond acceptors (Lipinski definition) is 11. The number of amides is 1. The predicted octanol–water partition coefficient (Wildman–Crippen LogP) is 11.3. The van der Waals surface area contributed by atoms with Gasteiger partial charge in [0.2, 0.25) is 5.79 Å². The molecule has 0 unspecified atom stereocenters. The van der Waals surface area contributed by atoms with Crippen LogP contribution in [-0.2, 0) is 20.9 Å². The van der Waals surface area contributed by atoms with E-state index in [9.17, 15) is 25.1 Å². The van der Waals surface area contributed by atoms with E-state index in [0.717, 1.165) is 47.6 Å². The van der Waals surface area contributed by atoms with Crippen molar-refractivity contribution >= 4 is 28.3 Å². The minimum atomic E-state index is -1.45. The van der Waals surface area contributed by atoms with Crippen LogP contribution < -0.4 is 9.47 Å². The molecule has 0 aromatic heterocycles. The molecule has 0 saturated heterocycles. The van der Waals surface area contributed by atoms with E-state index >= 15 is 0 Å². The molecule has 2 N–H and O–H groups in total. The summed E-state index contributed by atoms with van der Waals surface area (Å²) < 4.78 is 27.2. The number of nitro groups is 1. The number of nitro benzene ring substituents is 1. The maximum absolute atomic E-state index is 14.6. The van der Waals surface area contributed by atoms with Crippen molar-refractivity contribution in [3.05, 3.63) is 130 Å². The van der Waals surface area contributed by atoms with Gasteiger partial charge in [0.1, 0.15) is 29.9 Å². The van der Waals surface area contributed by atoms with Crippen LogP contribution in [0.5, 0.6) is 17.2 Å². The molecule has 1 amide bonds. The molecule has 1 aliphatic heterocycles. The van der Waals surface area contributed by atoms with Crippen LogP contribution in [-0.4, -0.2) is 76.6 Å². The fraction of sp³-hybridized carbons (Fsp3) is 0.472. The Kier molecular flexibility index (Phi) is 15.8. The molecule has 3 aliphatic rings. The van der Waals surface area contributed by atoms with E-state index < -0.39 is 28.8 Å². The molecule has 1 heterocycles. The molecular weight excluding hydrogens is 839 g/mol. The van der Waals surface area contributed by atoms with Crippen LogP contribution in [0.15, 0.2) is 114 Å². The second kappa shape index (κ2) is 21.7. The number of hydrogen-bond donors (Lipinski definition) is 2. The third-order valence-electron chi connectivity index (χ3n) is 12.9. The van der Waals surface area contributed by atoms with E-state index in [2.05, 4.69) is 30.9 Å². The zero-order chi connectivity index (χ0) is 46.8. The molecule has 6 atom stereocenters. The first-order valence-electron chi connectivity index (χ1n) is 23.4. The van der Waals surface area contributed by atoms with Crippen molar-refractivity contribution < 1.29 is 43.7 Å². The lowest BCUT2D eigenvalue weighted by Gasteiger charge is -2.60. The summed E-state index contributed by atoms with van der Waals surface area (Å²) in [5, 5.41) is 38.4. The SMILES string of the molecule is C=CCO[C@@]12Oc3ccc(Oc4ccc5ccccc5c4)cc3[C@H]3[C@H](CCCCO)[C@@H](CCCCO)C=C(C(=NOCc4ccc([N+](=O)[O-])cc4)C[C@@H]1N(CCC)C(=O)OCC(C)(C)C)[C@H]32. The number of allylic oxidation sites excluding steroid dienone is 1. The average Bonchev–Trinajstić information content (AvgIpc) is 3.30. The van der Waals surface area contributed by atoms with Crippen LogP contribution >= 0.6 is 0 Å². The van der Waals surface area contributed by atoms with Gasteiger partial charge in [-0.05, 0) is 114 Å². The fourth-order valence-corrected chi connectivity index (χ4v) is 9.95. The first-order valence-corrected chi connectivity index (χ1v) is 23.4. The first kappa shape index (κ1) is 48.2. The largest absolute Gasteiger partial charge is 0.459 e. The zero-order valence-corrected chi connectivity index (χ0v) is 38.7. The van der Waals surface area contributed by atoms with Gasteiger partial charge in [0.05, 0.1) is 29.8 Å². The van der Waals surface area contributed by atoms with Crippen molar-refractivity contribution in [1.82, 2.24) is 4.90 Å². The Morgan fingerprint density at radius 2 is 1.68 bits per heavy atom. The lowest BCUT2D eigenvalue weighted by atomic mass is 9.55. The summed E-state index contributed by atoms with van der Waals surface area (Å²) in [5.41, 5.74) is 2.85. The molecule has 13 nitrogen and oxygen atoms in total. The van der Waals surface area contributed by atoms with Crippen LogP contribution in [0.2, 0.25) is 0 Å². The Balaban J connectivity index is 1.41. The Morgan fingerprint density at radius 3 is 2.38 bits per heavy atom. The highest BCUT2D eigenvalue weighted by Crippen LogP contribution is 2.62. The number of aliphatic hydroxyl groups excluding tert-OH is 2. The maximum Gasteiger partial charge on any atom is 0.410 e. The number of nitrogens with zero attached hydrogens (tertiary/aromatic N) is 3. The van der Waals surface area contributed by atoms with Crippen molar-refractivity contribution in [3.63, 3.8) is 0 Å². The third kappa shape index (κ3) is 10.9. The van der Waals surface area contributed by atoms with Crippen LogP contribution in [0, 0.1) is 33.3 Å². The summed E-state index contributed by atoms with van der Waals surface area (Å²) in [4.78, 5) is 33.4. The van der Waals surface area contributed by atoms with Gasteiger partial charge < -0.3 is 34.0 Å². The quantitative estimate of drug-likeness (QED) is 0.0356. The summed E-state index contributed by atoms with van der Waals surface area (Å²) in [5.74, 6) is -0.231. The van der Waals surface area contributed by atoms with E-state index in [0.29, 0.717) is 54.3 Å². The van der Waals surface area contributed by atoms with Gasteiger partial charge >= 0.3 is 6.09 Å². The standard InChI is InChI=1S/C53H65N3O10/c1-6-26-55(51(59)62-35-52(3,4)5)48-33-46(54-64-34-36-18-21-40(22-19-36)56(60)61)44-31-39(16-10-12-27-57)43(17-11-13-28-58)49-45-32-42(65-41-23-20-37-14-8-9-15-38(37)30-41)24-25-47(45)66-53(48,50(44)49)63-29-7-2/h7-9,14-15,18-25,30-32,39,43,48-50,57-58H,2,6,10-13,16-17,26-29,33-35H2,1,3-5H3/t39-,43+,48-,49+,50+,53+/m0/s1. The third-order valence-corrected chi connectivity index (χ3v) is 12.9. The van der Waals surface area contributed by atoms with Crippen LogP contribution in [0.25, 0.3) is 10.8 Å². The Bertz CT molecular complexity index is 2370. The maximum atomic E-state index is 14.6. The van der Waals surface area contributed by atoms with Crippen LogP contribution in [0.3, 0.4) is 0 Å². The number of carbonyl (C=O) groups is 1. The predicted molar refractivity (Wildman–Crippen MR) is 255 cm³/mol. The normalized spacial score (nSPS) is 22.7. The summed E-state index contributed by atoms with van der Waals surface area (Å²) in [6, 6.07) is 25.6. The van der Waals surface area contributed by atoms with Crippen LogP contribution in [0.1, 0.15) is 96.1 Å².